The largest absolute Gasteiger partial charge is 0.366 e. The predicted octanol–water partition coefficient (Wildman–Crippen LogP) is 3.95. The van der Waals surface area contributed by atoms with Crippen molar-refractivity contribution in [2.45, 2.75) is 56.2 Å². The van der Waals surface area contributed by atoms with E-state index in [-0.39, 0.29) is 11.2 Å². The molecule has 1 aliphatic carbocycles. The number of anilines is 1. The molecule has 2 aliphatic rings. The van der Waals surface area contributed by atoms with Crippen LogP contribution in [0.15, 0.2) is 41.3 Å². The molecule has 10 heteroatoms. The van der Waals surface area contributed by atoms with Crippen molar-refractivity contribution in [1.82, 2.24) is 23.9 Å². The molecule has 4 heterocycles. The first kappa shape index (κ1) is 21.8. The number of hydrogen-bond acceptors (Lipinski definition) is 6. The molecule has 1 aliphatic heterocycles. The molecule has 1 saturated heterocycles. The van der Waals surface area contributed by atoms with Crippen LogP contribution in [0.3, 0.4) is 0 Å². The minimum Gasteiger partial charge on any atom is -0.366 e. The van der Waals surface area contributed by atoms with Gasteiger partial charge in [0.2, 0.25) is 10.0 Å². The van der Waals surface area contributed by atoms with E-state index < -0.39 is 10.0 Å². The lowest BCUT2D eigenvalue weighted by atomic mass is 9.96. The predicted molar refractivity (Wildman–Crippen MR) is 127 cm³/mol. The molecule has 1 N–H and O–H groups in total. The van der Waals surface area contributed by atoms with Crippen molar-refractivity contribution < 1.29 is 8.42 Å². The Hall–Kier alpha value is -2.04. The van der Waals surface area contributed by atoms with E-state index in [1.54, 1.807) is 21.2 Å². The highest BCUT2D eigenvalue weighted by molar-refractivity contribution is 9.10. The summed E-state index contributed by atoms with van der Waals surface area (Å²) in [6, 6.07) is 5.95. The third-order valence-electron chi connectivity index (χ3n) is 6.53. The van der Waals surface area contributed by atoms with Crippen molar-refractivity contribution in [3.05, 3.63) is 52.5 Å². The van der Waals surface area contributed by atoms with E-state index in [4.69, 9.17) is 4.98 Å². The lowest BCUT2D eigenvalue weighted by molar-refractivity contribution is 0.309. The van der Waals surface area contributed by atoms with Crippen LogP contribution in [0, 0.1) is 0 Å². The molecule has 2 fully saturated rings. The van der Waals surface area contributed by atoms with Crippen molar-refractivity contribution in [2.75, 3.05) is 18.4 Å². The minimum atomic E-state index is -3.24. The SMILES string of the molecule is O=S(=O)(C1CCCC1)N1CCCC(c2cc(NCc3cccnc3)n3ncc(Br)c3n2)C1. The molecule has 1 saturated carbocycles. The van der Waals surface area contributed by atoms with E-state index in [1.165, 1.54) is 0 Å². The molecule has 0 amide bonds. The maximum Gasteiger partial charge on any atom is 0.217 e. The molecule has 5 rings (SSSR count). The third-order valence-corrected chi connectivity index (χ3v) is 9.46. The lowest BCUT2D eigenvalue weighted by Gasteiger charge is -2.33. The summed E-state index contributed by atoms with van der Waals surface area (Å²) in [6.45, 7) is 1.71. The summed E-state index contributed by atoms with van der Waals surface area (Å²) >= 11 is 3.55. The van der Waals surface area contributed by atoms with Gasteiger partial charge in [0.25, 0.3) is 0 Å². The van der Waals surface area contributed by atoms with Gasteiger partial charge in [0, 0.05) is 44.0 Å². The summed E-state index contributed by atoms with van der Waals surface area (Å²) in [5.74, 6) is 0.890. The van der Waals surface area contributed by atoms with Gasteiger partial charge in [-0.3, -0.25) is 4.98 Å². The normalized spacial score (nSPS) is 20.7. The van der Waals surface area contributed by atoms with Gasteiger partial charge in [-0.2, -0.15) is 9.61 Å². The van der Waals surface area contributed by atoms with Gasteiger partial charge in [-0.05, 0) is 53.2 Å². The number of rotatable bonds is 6. The quantitative estimate of drug-likeness (QED) is 0.530. The van der Waals surface area contributed by atoms with Crippen LogP contribution in [0.1, 0.15) is 55.7 Å². The van der Waals surface area contributed by atoms with E-state index in [0.717, 1.165) is 65.7 Å². The van der Waals surface area contributed by atoms with Gasteiger partial charge in [0.05, 0.1) is 21.6 Å². The number of pyridine rings is 1. The first-order valence-corrected chi connectivity index (χ1v) is 13.5. The van der Waals surface area contributed by atoms with Gasteiger partial charge in [0.15, 0.2) is 5.65 Å². The Morgan fingerprint density at radius 3 is 2.78 bits per heavy atom. The smallest absolute Gasteiger partial charge is 0.217 e. The summed E-state index contributed by atoms with van der Waals surface area (Å²) in [5, 5.41) is 7.69. The average Bonchev–Trinajstić information content (AvgIpc) is 3.49. The standard InChI is InChI=1S/C22H27BrN6O2S/c23-19-14-26-29-21(25-13-16-5-3-9-24-12-16)11-20(27-22(19)29)17-6-4-10-28(15-17)32(30,31)18-7-1-2-8-18/h3,5,9,11-12,14,17-18,25H,1-2,4,6-8,10,13,15H2. The summed E-state index contributed by atoms with van der Waals surface area (Å²) < 4.78 is 30.7. The van der Waals surface area contributed by atoms with Gasteiger partial charge in [0.1, 0.15) is 5.82 Å². The molecule has 0 bridgehead atoms. The Balaban J connectivity index is 1.42. The number of aromatic nitrogens is 4. The number of fused-ring (bicyclic) bond motifs is 1. The molecular formula is C22H27BrN6O2S. The maximum atomic E-state index is 13.2. The second kappa shape index (κ2) is 9.07. The third kappa shape index (κ3) is 4.27. The summed E-state index contributed by atoms with van der Waals surface area (Å²) in [7, 11) is -3.24. The first-order chi connectivity index (χ1) is 15.5. The Morgan fingerprint density at radius 2 is 2.00 bits per heavy atom. The minimum absolute atomic E-state index is 0.0608. The van der Waals surface area contributed by atoms with Crippen LogP contribution >= 0.6 is 15.9 Å². The number of nitrogens with zero attached hydrogens (tertiary/aromatic N) is 5. The number of piperidine rings is 1. The van der Waals surface area contributed by atoms with E-state index in [0.29, 0.717) is 19.6 Å². The van der Waals surface area contributed by atoms with Crippen LogP contribution in [0.25, 0.3) is 5.65 Å². The molecule has 1 atom stereocenters. The van der Waals surface area contributed by atoms with E-state index in [2.05, 4.69) is 31.3 Å². The number of halogens is 1. The van der Waals surface area contributed by atoms with Crippen LogP contribution in [0.4, 0.5) is 5.82 Å². The molecule has 0 spiro atoms. The first-order valence-electron chi connectivity index (χ1n) is 11.2. The van der Waals surface area contributed by atoms with Crippen LogP contribution in [0.5, 0.6) is 0 Å². The summed E-state index contributed by atoms with van der Waals surface area (Å²) in [5.41, 5.74) is 2.70. The zero-order valence-corrected chi connectivity index (χ0v) is 20.2. The van der Waals surface area contributed by atoms with Gasteiger partial charge in [-0.1, -0.05) is 18.9 Å². The van der Waals surface area contributed by atoms with Crippen LogP contribution in [-0.4, -0.2) is 50.6 Å². The highest BCUT2D eigenvalue weighted by Crippen LogP contribution is 2.34. The zero-order chi connectivity index (χ0) is 22.1. The van der Waals surface area contributed by atoms with E-state index in [9.17, 15) is 8.42 Å². The molecule has 8 nitrogen and oxygen atoms in total. The molecule has 1 unspecified atom stereocenters. The van der Waals surface area contributed by atoms with Crippen molar-refractivity contribution >= 4 is 37.4 Å². The number of sulfonamides is 1. The fourth-order valence-corrected chi connectivity index (χ4v) is 7.27. The topological polar surface area (TPSA) is 92.5 Å². The van der Waals surface area contributed by atoms with Gasteiger partial charge in [-0.15, -0.1) is 0 Å². The Morgan fingerprint density at radius 1 is 1.16 bits per heavy atom. The highest BCUT2D eigenvalue weighted by Gasteiger charge is 2.37. The molecule has 3 aromatic rings. The van der Waals surface area contributed by atoms with Crippen molar-refractivity contribution in [3.8, 4) is 0 Å². The molecule has 0 aromatic carbocycles. The second-order valence-corrected chi connectivity index (χ2v) is 11.7. The molecule has 3 aromatic heterocycles. The average molecular weight is 519 g/mol. The lowest BCUT2D eigenvalue weighted by Crippen LogP contribution is -2.43. The maximum absolute atomic E-state index is 13.2. The number of nitrogens with one attached hydrogen (secondary N) is 1. The second-order valence-electron chi connectivity index (χ2n) is 8.66. The Labute approximate surface area is 196 Å². The summed E-state index contributed by atoms with van der Waals surface area (Å²) in [6.07, 6.45) is 10.7. The fraction of sp³-hybridized carbons (Fsp3) is 0.500. The van der Waals surface area contributed by atoms with Crippen molar-refractivity contribution in [3.63, 3.8) is 0 Å². The van der Waals surface area contributed by atoms with E-state index in [1.807, 2.05) is 24.4 Å². The van der Waals surface area contributed by atoms with Crippen molar-refractivity contribution in [2.24, 2.45) is 0 Å². The zero-order valence-electron chi connectivity index (χ0n) is 17.8. The van der Waals surface area contributed by atoms with Crippen molar-refractivity contribution in [1.29, 1.82) is 0 Å². The summed E-state index contributed by atoms with van der Waals surface area (Å²) in [4.78, 5) is 9.04. The molecule has 32 heavy (non-hydrogen) atoms. The number of hydrogen-bond donors (Lipinski definition) is 1. The van der Waals surface area contributed by atoms with Crippen LogP contribution < -0.4 is 5.32 Å². The molecule has 170 valence electrons. The monoisotopic (exact) mass is 518 g/mol. The van der Waals surface area contributed by atoms with Gasteiger partial charge < -0.3 is 5.32 Å². The highest BCUT2D eigenvalue weighted by atomic mass is 79.9. The van der Waals surface area contributed by atoms with Gasteiger partial charge in [-0.25, -0.2) is 17.7 Å². The van der Waals surface area contributed by atoms with Gasteiger partial charge >= 0.3 is 0 Å². The van der Waals surface area contributed by atoms with Crippen LogP contribution in [-0.2, 0) is 16.6 Å². The Bertz CT molecular complexity index is 1190. The molecule has 0 radical (unpaired) electrons. The van der Waals surface area contributed by atoms with Crippen LogP contribution in [0.2, 0.25) is 0 Å². The fourth-order valence-electron chi connectivity index (χ4n) is 4.80. The van der Waals surface area contributed by atoms with E-state index >= 15 is 0 Å². The molecular weight excluding hydrogens is 492 g/mol. The Kier molecular flexibility index (Phi) is 6.18.